The summed E-state index contributed by atoms with van der Waals surface area (Å²) in [5.74, 6) is -0.565. The standard InChI is InChI=1S/C29H31N3O4/c1-19-23-10-4-5-11-24(23)25-12-6-7-13-26(25)32(29(19)35)31-28(34)20(2)30-27(33)14-8-9-21-15-17-22(36-3)18-16-21/h4-7,10-13,15-20H,8-9,14H2,1-3H3,(H,30,33)(H,31,34)/t19?,20-/m0/s1. The number of hydrogen-bond acceptors (Lipinski definition) is 4. The van der Waals surface area contributed by atoms with Crippen molar-refractivity contribution in [1.82, 2.24) is 10.7 Å². The zero-order valence-electron chi connectivity index (χ0n) is 20.8. The van der Waals surface area contributed by atoms with Crippen LogP contribution >= 0.6 is 0 Å². The Hall–Kier alpha value is -4.13. The number of nitrogens with one attached hydrogen (secondary N) is 2. The predicted molar refractivity (Wildman–Crippen MR) is 139 cm³/mol. The fourth-order valence-electron chi connectivity index (χ4n) is 4.41. The highest BCUT2D eigenvalue weighted by Gasteiger charge is 2.33. The van der Waals surface area contributed by atoms with Gasteiger partial charge in [-0.3, -0.25) is 19.8 Å². The van der Waals surface area contributed by atoms with Gasteiger partial charge in [0.05, 0.1) is 18.7 Å². The number of methoxy groups -OCH3 is 1. The zero-order chi connectivity index (χ0) is 25.7. The molecule has 36 heavy (non-hydrogen) atoms. The molecule has 4 rings (SSSR count). The number of rotatable bonds is 8. The molecule has 0 radical (unpaired) electrons. The average Bonchev–Trinajstić information content (AvgIpc) is 2.98. The minimum Gasteiger partial charge on any atom is -0.497 e. The van der Waals surface area contributed by atoms with Crippen molar-refractivity contribution in [3.8, 4) is 16.9 Å². The van der Waals surface area contributed by atoms with Gasteiger partial charge in [0.25, 0.3) is 11.8 Å². The fraction of sp³-hybridized carbons (Fsp3) is 0.276. The number of carbonyl (C=O) groups is 3. The molecule has 2 atom stereocenters. The molecule has 1 aliphatic heterocycles. The van der Waals surface area contributed by atoms with E-state index in [1.807, 2.05) is 79.7 Å². The topological polar surface area (TPSA) is 87.7 Å². The Morgan fingerprint density at radius 3 is 2.36 bits per heavy atom. The van der Waals surface area contributed by atoms with Crippen LogP contribution in [-0.4, -0.2) is 30.9 Å². The van der Waals surface area contributed by atoms with Crippen LogP contribution in [0.1, 0.15) is 43.7 Å². The van der Waals surface area contributed by atoms with Gasteiger partial charge in [-0.05, 0) is 61.6 Å². The summed E-state index contributed by atoms with van der Waals surface area (Å²) in [5.41, 5.74) is 7.19. The summed E-state index contributed by atoms with van der Waals surface area (Å²) < 4.78 is 5.16. The number of aryl methyl sites for hydroxylation is 1. The monoisotopic (exact) mass is 485 g/mol. The second-order valence-electron chi connectivity index (χ2n) is 8.97. The van der Waals surface area contributed by atoms with E-state index in [0.29, 0.717) is 18.5 Å². The van der Waals surface area contributed by atoms with Crippen molar-refractivity contribution in [2.75, 3.05) is 12.1 Å². The highest BCUT2D eigenvalue weighted by molar-refractivity contribution is 6.06. The maximum atomic E-state index is 13.4. The summed E-state index contributed by atoms with van der Waals surface area (Å²) in [6, 6.07) is 22.2. The number of anilines is 1. The van der Waals surface area contributed by atoms with Gasteiger partial charge in [-0.25, -0.2) is 5.01 Å². The average molecular weight is 486 g/mol. The van der Waals surface area contributed by atoms with Gasteiger partial charge in [0, 0.05) is 12.0 Å². The Morgan fingerprint density at radius 2 is 1.64 bits per heavy atom. The number of benzene rings is 3. The Bertz CT molecular complexity index is 1260. The molecule has 0 bridgehead atoms. The minimum atomic E-state index is -0.806. The highest BCUT2D eigenvalue weighted by Crippen LogP contribution is 2.39. The van der Waals surface area contributed by atoms with Crippen molar-refractivity contribution < 1.29 is 19.1 Å². The molecule has 1 heterocycles. The van der Waals surface area contributed by atoms with Gasteiger partial charge in [0.15, 0.2) is 0 Å². The van der Waals surface area contributed by atoms with Crippen molar-refractivity contribution in [3.05, 3.63) is 83.9 Å². The summed E-state index contributed by atoms with van der Waals surface area (Å²) in [5, 5.41) is 4.06. The molecule has 0 saturated carbocycles. The molecular weight excluding hydrogens is 454 g/mol. The summed E-state index contributed by atoms with van der Waals surface area (Å²) in [6.07, 6.45) is 1.69. The molecule has 1 unspecified atom stereocenters. The lowest BCUT2D eigenvalue weighted by atomic mass is 9.92. The van der Waals surface area contributed by atoms with E-state index >= 15 is 0 Å². The van der Waals surface area contributed by atoms with E-state index in [1.165, 1.54) is 5.01 Å². The largest absolute Gasteiger partial charge is 0.497 e. The third kappa shape index (κ3) is 5.40. The van der Waals surface area contributed by atoms with Crippen LogP contribution < -0.4 is 20.5 Å². The number of amides is 3. The lowest BCUT2D eigenvalue weighted by molar-refractivity contribution is -0.130. The van der Waals surface area contributed by atoms with Gasteiger partial charge in [0.1, 0.15) is 11.8 Å². The lowest BCUT2D eigenvalue weighted by Gasteiger charge is -2.27. The van der Waals surface area contributed by atoms with Crippen molar-refractivity contribution in [2.24, 2.45) is 0 Å². The lowest BCUT2D eigenvalue weighted by Crippen LogP contribution is -2.54. The minimum absolute atomic E-state index is 0.213. The van der Waals surface area contributed by atoms with E-state index in [0.717, 1.165) is 34.4 Å². The second kappa shape index (κ2) is 11.1. The van der Waals surface area contributed by atoms with Crippen LogP contribution in [0.15, 0.2) is 72.8 Å². The summed E-state index contributed by atoms with van der Waals surface area (Å²) in [4.78, 5) is 38.9. The number of hydrazine groups is 1. The summed E-state index contributed by atoms with van der Waals surface area (Å²) in [7, 11) is 1.62. The van der Waals surface area contributed by atoms with Gasteiger partial charge in [0.2, 0.25) is 5.91 Å². The van der Waals surface area contributed by atoms with Crippen LogP contribution in [-0.2, 0) is 20.8 Å². The highest BCUT2D eigenvalue weighted by atomic mass is 16.5. The van der Waals surface area contributed by atoms with E-state index in [4.69, 9.17) is 4.74 Å². The first kappa shape index (κ1) is 25.0. The number of hydrogen-bond donors (Lipinski definition) is 2. The van der Waals surface area contributed by atoms with Crippen LogP contribution in [0.3, 0.4) is 0 Å². The number of carbonyl (C=O) groups excluding carboxylic acids is 3. The predicted octanol–water partition coefficient (Wildman–Crippen LogP) is 4.37. The van der Waals surface area contributed by atoms with Crippen molar-refractivity contribution in [1.29, 1.82) is 0 Å². The second-order valence-corrected chi connectivity index (χ2v) is 8.97. The molecule has 2 N–H and O–H groups in total. The molecule has 0 fully saturated rings. The smallest absolute Gasteiger partial charge is 0.261 e. The van der Waals surface area contributed by atoms with Crippen LogP contribution in [0.25, 0.3) is 11.1 Å². The molecule has 7 nitrogen and oxygen atoms in total. The zero-order valence-corrected chi connectivity index (χ0v) is 20.8. The molecule has 3 aromatic rings. The van der Waals surface area contributed by atoms with Crippen molar-refractivity contribution >= 4 is 23.4 Å². The van der Waals surface area contributed by atoms with Gasteiger partial charge in [-0.2, -0.15) is 0 Å². The summed E-state index contributed by atoms with van der Waals surface area (Å²) >= 11 is 0. The van der Waals surface area contributed by atoms with Gasteiger partial charge in [-0.1, -0.05) is 54.6 Å². The van der Waals surface area contributed by atoms with E-state index in [9.17, 15) is 14.4 Å². The molecule has 1 aliphatic rings. The Balaban J connectivity index is 1.38. The molecule has 3 aromatic carbocycles. The van der Waals surface area contributed by atoms with Crippen LogP contribution in [0.2, 0.25) is 0 Å². The van der Waals surface area contributed by atoms with Gasteiger partial charge < -0.3 is 10.1 Å². The molecule has 7 heteroatoms. The Labute approximate surface area is 211 Å². The number of fused-ring (bicyclic) bond motifs is 3. The fourth-order valence-corrected chi connectivity index (χ4v) is 4.41. The van der Waals surface area contributed by atoms with Gasteiger partial charge >= 0.3 is 0 Å². The van der Waals surface area contributed by atoms with Crippen molar-refractivity contribution in [2.45, 2.75) is 45.1 Å². The first-order chi connectivity index (χ1) is 17.4. The SMILES string of the molecule is COc1ccc(CCCC(=O)N[C@@H](C)C(=O)NN2C(=O)C(C)c3ccccc3-c3ccccc32)cc1. The molecule has 186 valence electrons. The first-order valence-electron chi connectivity index (χ1n) is 12.1. The molecular formula is C29H31N3O4. The number of para-hydroxylation sites is 1. The van der Waals surface area contributed by atoms with Crippen molar-refractivity contribution in [3.63, 3.8) is 0 Å². The number of ether oxygens (including phenoxy) is 1. The van der Waals surface area contributed by atoms with E-state index in [1.54, 1.807) is 14.0 Å². The van der Waals surface area contributed by atoms with Crippen LogP contribution in [0.5, 0.6) is 5.75 Å². The normalized spacial score (nSPS) is 15.2. The van der Waals surface area contributed by atoms with E-state index in [2.05, 4.69) is 10.7 Å². The first-order valence-corrected chi connectivity index (χ1v) is 12.1. The number of nitrogens with zero attached hydrogens (tertiary/aromatic N) is 1. The molecule has 3 amide bonds. The Morgan fingerprint density at radius 1 is 0.972 bits per heavy atom. The maximum absolute atomic E-state index is 13.4. The van der Waals surface area contributed by atoms with Crippen LogP contribution in [0, 0.1) is 0 Å². The third-order valence-corrected chi connectivity index (χ3v) is 6.47. The van der Waals surface area contributed by atoms with E-state index < -0.39 is 17.9 Å². The molecule has 0 saturated heterocycles. The molecule has 0 spiro atoms. The van der Waals surface area contributed by atoms with Crippen LogP contribution in [0.4, 0.5) is 5.69 Å². The van der Waals surface area contributed by atoms with Gasteiger partial charge in [-0.15, -0.1) is 0 Å². The maximum Gasteiger partial charge on any atom is 0.261 e. The van der Waals surface area contributed by atoms with E-state index in [-0.39, 0.29) is 11.8 Å². The third-order valence-electron chi connectivity index (χ3n) is 6.47. The summed E-state index contributed by atoms with van der Waals surface area (Å²) in [6.45, 7) is 3.45. The Kier molecular flexibility index (Phi) is 7.68. The molecule has 0 aromatic heterocycles. The quantitative estimate of drug-likeness (QED) is 0.496. The molecule has 0 aliphatic carbocycles.